The lowest BCUT2D eigenvalue weighted by atomic mass is 10.1. The van der Waals surface area contributed by atoms with E-state index in [1.165, 1.54) is 16.7 Å². The monoisotopic (exact) mass is 180 g/mol. The van der Waals surface area contributed by atoms with E-state index in [1.54, 1.807) is 5.30 Å². The zero-order valence-corrected chi connectivity index (χ0v) is 9.50. The summed E-state index contributed by atoms with van der Waals surface area (Å²) in [4.78, 5) is 0. The summed E-state index contributed by atoms with van der Waals surface area (Å²) in [6, 6.07) is 4.52. The minimum absolute atomic E-state index is 0.0550. The molecule has 0 saturated carbocycles. The van der Waals surface area contributed by atoms with E-state index in [0.717, 1.165) is 0 Å². The Morgan fingerprint density at radius 1 is 0.917 bits per heavy atom. The summed E-state index contributed by atoms with van der Waals surface area (Å²) >= 11 is 0. The van der Waals surface area contributed by atoms with Crippen molar-refractivity contribution in [2.45, 2.75) is 20.8 Å². The summed E-state index contributed by atoms with van der Waals surface area (Å²) in [5.74, 6) is 0. The molecule has 12 heavy (non-hydrogen) atoms. The molecule has 0 amide bonds. The molecule has 0 aromatic heterocycles. The van der Waals surface area contributed by atoms with Gasteiger partial charge in [0.2, 0.25) is 0 Å². The van der Waals surface area contributed by atoms with Gasteiger partial charge in [-0.1, -0.05) is 20.1 Å². The lowest BCUT2D eigenvalue weighted by Gasteiger charge is -2.13. The maximum absolute atomic E-state index is 2.31. The molecule has 0 saturated heterocycles. The first-order valence-corrected chi connectivity index (χ1v) is 6.51. The summed E-state index contributed by atoms with van der Waals surface area (Å²) in [6.45, 7) is 11.3. The van der Waals surface area contributed by atoms with E-state index in [4.69, 9.17) is 0 Å². The third-order valence-electron chi connectivity index (χ3n) is 2.51. The average molecular weight is 180 g/mol. The second kappa shape index (κ2) is 3.58. The summed E-state index contributed by atoms with van der Waals surface area (Å²) in [5.41, 5.74) is 4.36. The molecule has 0 N–H and O–H groups in total. The van der Waals surface area contributed by atoms with Crippen molar-refractivity contribution >= 4 is 13.2 Å². The Labute approximate surface area is 76.8 Å². The Kier molecular flexibility index (Phi) is 2.90. The molecule has 0 bridgehead atoms. The van der Waals surface area contributed by atoms with E-state index in [0.29, 0.717) is 0 Å². The minimum atomic E-state index is 0.0550. The SMILES string of the molecule is Cc1ccc(P(C)C)c(C)c1C. The Hall–Kier alpha value is -0.350. The number of aryl methyl sites for hydroxylation is 1. The van der Waals surface area contributed by atoms with E-state index in [9.17, 15) is 0 Å². The van der Waals surface area contributed by atoms with Crippen LogP contribution in [0.4, 0.5) is 0 Å². The highest BCUT2D eigenvalue weighted by Crippen LogP contribution is 2.27. The summed E-state index contributed by atoms with van der Waals surface area (Å²) in [7, 11) is 0.0550. The predicted octanol–water partition coefficient (Wildman–Crippen LogP) is 2.98. The van der Waals surface area contributed by atoms with Gasteiger partial charge in [-0.2, -0.15) is 0 Å². The van der Waals surface area contributed by atoms with Crippen molar-refractivity contribution in [1.29, 1.82) is 0 Å². The predicted molar refractivity (Wildman–Crippen MR) is 59.1 cm³/mol. The summed E-state index contributed by atoms with van der Waals surface area (Å²) in [5, 5.41) is 1.55. The number of rotatable bonds is 1. The zero-order valence-electron chi connectivity index (χ0n) is 8.60. The highest BCUT2D eigenvalue weighted by molar-refractivity contribution is 7.64. The van der Waals surface area contributed by atoms with Gasteiger partial charge in [0.15, 0.2) is 0 Å². The first-order valence-electron chi connectivity index (χ1n) is 4.28. The van der Waals surface area contributed by atoms with Crippen LogP contribution in [0.2, 0.25) is 0 Å². The summed E-state index contributed by atoms with van der Waals surface area (Å²) in [6.07, 6.45) is 0. The Morgan fingerprint density at radius 3 is 2.00 bits per heavy atom. The molecule has 0 spiro atoms. The van der Waals surface area contributed by atoms with Gasteiger partial charge in [-0.15, -0.1) is 0 Å². The second-order valence-electron chi connectivity index (χ2n) is 3.55. The smallest absolute Gasteiger partial charge is 0.0214 e. The van der Waals surface area contributed by atoms with Crippen LogP contribution in [0, 0.1) is 20.8 Å². The Bertz CT molecular complexity index is 287. The van der Waals surface area contributed by atoms with E-state index < -0.39 is 0 Å². The van der Waals surface area contributed by atoms with Gasteiger partial charge in [0, 0.05) is 0 Å². The van der Waals surface area contributed by atoms with E-state index in [-0.39, 0.29) is 7.92 Å². The van der Waals surface area contributed by atoms with Crippen LogP contribution in [0.3, 0.4) is 0 Å². The fourth-order valence-electron chi connectivity index (χ4n) is 1.43. The molecule has 0 radical (unpaired) electrons. The maximum atomic E-state index is 2.31. The molecule has 0 aliphatic rings. The lowest BCUT2D eigenvalue weighted by molar-refractivity contribution is 1.28. The first kappa shape index (κ1) is 9.74. The van der Waals surface area contributed by atoms with Crippen molar-refractivity contribution in [2.24, 2.45) is 0 Å². The molecule has 0 aliphatic carbocycles. The summed E-state index contributed by atoms with van der Waals surface area (Å²) < 4.78 is 0. The molecule has 0 aliphatic heterocycles. The highest BCUT2D eigenvalue weighted by Gasteiger charge is 2.05. The maximum Gasteiger partial charge on any atom is -0.0214 e. The van der Waals surface area contributed by atoms with Gasteiger partial charge in [-0.3, -0.25) is 0 Å². The van der Waals surface area contributed by atoms with Crippen LogP contribution in [0.25, 0.3) is 0 Å². The first-order chi connectivity index (χ1) is 5.54. The van der Waals surface area contributed by atoms with Crippen molar-refractivity contribution < 1.29 is 0 Å². The standard InChI is InChI=1S/C11H17P/c1-8-6-7-11(12(4)5)10(3)9(8)2/h6-7H,1-5H3. The van der Waals surface area contributed by atoms with Crippen molar-refractivity contribution in [1.82, 2.24) is 0 Å². The van der Waals surface area contributed by atoms with E-state index in [1.807, 2.05) is 0 Å². The number of hydrogen-bond acceptors (Lipinski definition) is 0. The fraction of sp³-hybridized carbons (Fsp3) is 0.455. The van der Waals surface area contributed by atoms with Crippen LogP contribution in [0.15, 0.2) is 12.1 Å². The third-order valence-corrected chi connectivity index (χ3v) is 3.96. The van der Waals surface area contributed by atoms with Crippen LogP contribution in [-0.4, -0.2) is 13.3 Å². The van der Waals surface area contributed by atoms with Gasteiger partial charge in [0.05, 0.1) is 0 Å². The fourth-order valence-corrected chi connectivity index (χ4v) is 2.64. The van der Waals surface area contributed by atoms with Crippen LogP contribution in [-0.2, 0) is 0 Å². The van der Waals surface area contributed by atoms with E-state index in [2.05, 4.69) is 46.2 Å². The Balaban J connectivity index is 3.27. The molecule has 0 atom stereocenters. The lowest BCUT2D eigenvalue weighted by Crippen LogP contribution is -2.06. The topological polar surface area (TPSA) is 0 Å². The van der Waals surface area contributed by atoms with E-state index >= 15 is 0 Å². The third kappa shape index (κ3) is 1.69. The molecule has 0 unspecified atom stereocenters. The molecule has 1 rings (SSSR count). The van der Waals surface area contributed by atoms with Crippen LogP contribution >= 0.6 is 7.92 Å². The van der Waals surface area contributed by atoms with Crippen LogP contribution in [0.1, 0.15) is 16.7 Å². The van der Waals surface area contributed by atoms with Gasteiger partial charge >= 0.3 is 0 Å². The molecule has 0 fully saturated rings. The minimum Gasteiger partial charge on any atom is -0.0814 e. The van der Waals surface area contributed by atoms with Crippen LogP contribution in [0.5, 0.6) is 0 Å². The van der Waals surface area contributed by atoms with Gasteiger partial charge in [-0.25, -0.2) is 0 Å². The van der Waals surface area contributed by atoms with Gasteiger partial charge in [0.25, 0.3) is 0 Å². The quantitative estimate of drug-likeness (QED) is 0.583. The number of benzene rings is 1. The normalized spacial score (nSPS) is 10.8. The molecule has 0 nitrogen and oxygen atoms in total. The highest BCUT2D eigenvalue weighted by atomic mass is 31.1. The molecule has 66 valence electrons. The Morgan fingerprint density at radius 2 is 1.50 bits per heavy atom. The average Bonchev–Trinajstić information content (AvgIpc) is 2.00. The number of hydrogen-bond donors (Lipinski definition) is 0. The van der Waals surface area contributed by atoms with Crippen LogP contribution < -0.4 is 5.30 Å². The van der Waals surface area contributed by atoms with Gasteiger partial charge in [0.1, 0.15) is 0 Å². The molecule has 1 aromatic carbocycles. The molecular formula is C11H17P. The van der Waals surface area contributed by atoms with Crippen molar-refractivity contribution in [3.05, 3.63) is 28.8 Å². The molecular weight excluding hydrogens is 163 g/mol. The largest absolute Gasteiger partial charge is 0.0814 e. The zero-order chi connectivity index (χ0) is 9.30. The molecule has 0 heterocycles. The van der Waals surface area contributed by atoms with Crippen molar-refractivity contribution in [2.75, 3.05) is 13.3 Å². The molecule has 1 heteroatoms. The van der Waals surface area contributed by atoms with Crippen molar-refractivity contribution in [3.63, 3.8) is 0 Å². The van der Waals surface area contributed by atoms with Crippen molar-refractivity contribution in [3.8, 4) is 0 Å². The molecule has 1 aromatic rings. The second-order valence-corrected chi connectivity index (χ2v) is 5.82. The van der Waals surface area contributed by atoms with Gasteiger partial charge in [-0.05, 0) is 56.1 Å². The van der Waals surface area contributed by atoms with Gasteiger partial charge < -0.3 is 0 Å².